The molecule has 6 nitrogen and oxygen atoms in total. The Labute approximate surface area is 130 Å². The highest BCUT2D eigenvalue weighted by Gasteiger charge is 2.24. The monoisotopic (exact) mass is 318 g/mol. The number of nitrogens with zero attached hydrogens (tertiary/aromatic N) is 1. The van der Waals surface area contributed by atoms with E-state index in [1.165, 1.54) is 13.0 Å². The molecule has 0 unspecified atom stereocenters. The minimum atomic E-state index is -0.696. The normalized spacial score (nSPS) is 10.1. The number of carbonyl (C=O) groups excluding carboxylic acids is 2. The van der Waals surface area contributed by atoms with Gasteiger partial charge in [0.15, 0.2) is 5.78 Å². The van der Waals surface area contributed by atoms with E-state index in [9.17, 15) is 19.7 Å². The first kappa shape index (κ1) is 15.7. The van der Waals surface area contributed by atoms with Crippen molar-refractivity contribution < 1.29 is 14.5 Å². The van der Waals surface area contributed by atoms with E-state index in [2.05, 4.69) is 5.32 Å². The third-order valence-corrected chi connectivity index (χ3v) is 3.08. The highest BCUT2D eigenvalue weighted by molar-refractivity contribution is 6.32. The quantitative estimate of drug-likeness (QED) is 0.531. The van der Waals surface area contributed by atoms with Gasteiger partial charge in [-0.1, -0.05) is 41.9 Å². The maximum atomic E-state index is 12.5. The minimum absolute atomic E-state index is 0.0272. The number of nitrogens with one attached hydrogen (secondary N) is 1. The lowest BCUT2D eigenvalue weighted by atomic mass is 10.0. The number of amides is 1. The Morgan fingerprint density at radius 3 is 2.36 bits per heavy atom. The molecular formula is C15H11ClN2O4. The van der Waals surface area contributed by atoms with Crippen molar-refractivity contribution >= 4 is 34.7 Å². The molecule has 0 heterocycles. The number of carbonyl (C=O) groups is 2. The van der Waals surface area contributed by atoms with E-state index < -0.39 is 22.3 Å². The molecule has 1 amide bonds. The van der Waals surface area contributed by atoms with Crippen LogP contribution in [0.5, 0.6) is 0 Å². The Bertz CT molecular complexity index is 760. The van der Waals surface area contributed by atoms with Gasteiger partial charge in [0.05, 0.1) is 10.5 Å². The van der Waals surface area contributed by atoms with E-state index in [1.54, 1.807) is 30.3 Å². The molecule has 0 saturated heterocycles. The molecule has 7 heteroatoms. The van der Waals surface area contributed by atoms with E-state index in [1.807, 2.05) is 0 Å². The fraction of sp³-hybridized carbons (Fsp3) is 0.0667. The molecule has 0 aromatic heterocycles. The van der Waals surface area contributed by atoms with E-state index in [0.717, 1.165) is 6.07 Å². The van der Waals surface area contributed by atoms with E-state index in [0.29, 0.717) is 5.56 Å². The number of halogens is 1. The van der Waals surface area contributed by atoms with Gasteiger partial charge >= 0.3 is 0 Å². The van der Waals surface area contributed by atoms with Crippen molar-refractivity contribution in [3.05, 3.63) is 68.7 Å². The second-order valence-corrected chi connectivity index (χ2v) is 4.92. The van der Waals surface area contributed by atoms with Gasteiger partial charge in [-0.2, -0.15) is 0 Å². The first-order valence-corrected chi connectivity index (χ1v) is 6.63. The summed E-state index contributed by atoms with van der Waals surface area (Å²) in [6, 6.07) is 10.6. The first-order valence-electron chi connectivity index (χ1n) is 6.25. The second kappa shape index (κ2) is 6.36. The molecule has 1 N–H and O–H groups in total. The van der Waals surface area contributed by atoms with E-state index in [-0.39, 0.29) is 16.3 Å². The Morgan fingerprint density at radius 1 is 1.18 bits per heavy atom. The number of hydrogen-bond donors (Lipinski definition) is 1. The van der Waals surface area contributed by atoms with Crippen molar-refractivity contribution in [1.29, 1.82) is 0 Å². The smallest absolute Gasteiger partial charge is 0.295 e. The summed E-state index contributed by atoms with van der Waals surface area (Å²) in [5.41, 5.74) is -0.274. The Morgan fingerprint density at radius 2 is 1.82 bits per heavy atom. The van der Waals surface area contributed by atoms with Crippen molar-refractivity contribution in [2.24, 2.45) is 0 Å². The summed E-state index contributed by atoms with van der Waals surface area (Å²) in [5, 5.41) is 13.5. The van der Waals surface area contributed by atoms with Crippen LogP contribution in [-0.2, 0) is 4.79 Å². The lowest BCUT2D eigenvalue weighted by molar-refractivity contribution is -0.383. The van der Waals surface area contributed by atoms with Gasteiger partial charge in [0.1, 0.15) is 5.69 Å². The summed E-state index contributed by atoms with van der Waals surface area (Å²) in [6.07, 6.45) is 0. The van der Waals surface area contributed by atoms with Crippen LogP contribution in [0.15, 0.2) is 42.5 Å². The number of ketones is 1. The molecule has 22 heavy (non-hydrogen) atoms. The molecule has 0 aliphatic heterocycles. The molecule has 0 aliphatic carbocycles. The largest absolute Gasteiger partial charge is 0.320 e. The molecule has 0 fully saturated rings. The van der Waals surface area contributed by atoms with Gasteiger partial charge in [0.25, 0.3) is 5.69 Å². The average molecular weight is 319 g/mol. The van der Waals surface area contributed by atoms with Crippen LogP contribution in [0.4, 0.5) is 11.4 Å². The molecule has 0 atom stereocenters. The molecule has 0 spiro atoms. The third kappa shape index (κ3) is 3.29. The van der Waals surface area contributed by atoms with Crippen LogP contribution >= 0.6 is 11.6 Å². The van der Waals surface area contributed by atoms with Crippen LogP contribution in [0.3, 0.4) is 0 Å². The summed E-state index contributed by atoms with van der Waals surface area (Å²) in [5.74, 6) is -0.984. The molecule has 0 saturated carbocycles. The number of anilines is 1. The lowest BCUT2D eigenvalue weighted by Gasteiger charge is -2.10. The summed E-state index contributed by atoms with van der Waals surface area (Å²) in [6.45, 7) is 1.20. The summed E-state index contributed by atoms with van der Waals surface area (Å²) in [4.78, 5) is 34.3. The number of hydrogen-bond acceptors (Lipinski definition) is 4. The predicted octanol–water partition coefficient (Wildman–Crippen LogP) is 3.44. The average Bonchev–Trinajstić information content (AvgIpc) is 2.48. The topological polar surface area (TPSA) is 89.3 Å². The number of nitro groups is 1. The van der Waals surface area contributed by atoms with E-state index in [4.69, 9.17) is 11.6 Å². The Balaban J connectivity index is 2.65. The first-order chi connectivity index (χ1) is 10.4. The van der Waals surface area contributed by atoms with Crippen LogP contribution < -0.4 is 5.32 Å². The van der Waals surface area contributed by atoms with Gasteiger partial charge in [-0.25, -0.2) is 0 Å². The third-order valence-electron chi connectivity index (χ3n) is 2.86. The summed E-state index contributed by atoms with van der Waals surface area (Å²) < 4.78 is 0. The summed E-state index contributed by atoms with van der Waals surface area (Å²) in [7, 11) is 0. The van der Waals surface area contributed by atoms with Crippen molar-refractivity contribution in [3.8, 4) is 0 Å². The lowest BCUT2D eigenvalue weighted by Crippen LogP contribution is -2.14. The zero-order valence-electron chi connectivity index (χ0n) is 11.5. The van der Waals surface area contributed by atoms with Gasteiger partial charge < -0.3 is 5.32 Å². The van der Waals surface area contributed by atoms with Gasteiger partial charge in [-0.05, 0) is 6.07 Å². The SMILES string of the molecule is CC(=O)Nc1c(C(=O)c2ccccc2)cc(Cl)cc1[N+](=O)[O-]. The van der Waals surface area contributed by atoms with E-state index >= 15 is 0 Å². The number of nitro benzene ring substituents is 1. The van der Waals surface area contributed by atoms with Crippen LogP contribution in [0.2, 0.25) is 5.02 Å². The van der Waals surface area contributed by atoms with Crippen molar-refractivity contribution in [2.45, 2.75) is 6.92 Å². The standard InChI is InChI=1S/C15H11ClN2O4/c1-9(19)17-14-12(7-11(16)8-13(14)18(21)22)15(20)10-5-3-2-4-6-10/h2-8H,1H3,(H,17,19). The van der Waals surface area contributed by atoms with Crippen molar-refractivity contribution in [2.75, 3.05) is 5.32 Å². The van der Waals surface area contributed by atoms with Gasteiger partial charge in [-0.3, -0.25) is 19.7 Å². The highest BCUT2D eigenvalue weighted by atomic mass is 35.5. The number of benzene rings is 2. The van der Waals surface area contributed by atoms with Crippen molar-refractivity contribution in [1.82, 2.24) is 0 Å². The molecule has 2 aromatic rings. The molecule has 0 bridgehead atoms. The van der Waals surface area contributed by atoms with Crippen LogP contribution in [0, 0.1) is 10.1 Å². The molecule has 0 aliphatic rings. The zero-order chi connectivity index (χ0) is 16.3. The van der Waals surface area contributed by atoms with Gasteiger partial charge in [-0.15, -0.1) is 0 Å². The zero-order valence-corrected chi connectivity index (χ0v) is 12.3. The molecule has 2 rings (SSSR count). The minimum Gasteiger partial charge on any atom is -0.320 e. The Kier molecular flexibility index (Phi) is 4.53. The highest BCUT2D eigenvalue weighted by Crippen LogP contribution is 2.33. The van der Waals surface area contributed by atoms with Gasteiger partial charge in [0.2, 0.25) is 5.91 Å². The van der Waals surface area contributed by atoms with Crippen LogP contribution in [0.25, 0.3) is 0 Å². The predicted molar refractivity (Wildman–Crippen MR) is 82.3 cm³/mol. The molecule has 112 valence electrons. The fourth-order valence-electron chi connectivity index (χ4n) is 1.97. The van der Waals surface area contributed by atoms with Crippen LogP contribution in [0.1, 0.15) is 22.8 Å². The fourth-order valence-corrected chi connectivity index (χ4v) is 2.18. The molecule has 2 aromatic carbocycles. The van der Waals surface area contributed by atoms with Crippen LogP contribution in [-0.4, -0.2) is 16.6 Å². The summed E-state index contributed by atoms with van der Waals surface area (Å²) >= 11 is 5.86. The molecular weight excluding hydrogens is 308 g/mol. The maximum absolute atomic E-state index is 12.5. The van der Waals surface area contributed by atoms with Crippen molar-refractivity contribution in [3.63, 3.8) is 0 Å². The second-order valence-electron chi connectivity index (χ2n) is 4.48. The van der Waals surface area contributed by atoms with Gasteiger partial charge in [0, 0.05) is 23.6 Å². The molecule has 0 radical (unpaired) electrons. The maximum Gasteiger partial charge on any atom is 0.295 e. The Hall–Kier alpha value is -2.73. The number of rotatable bonds is 4.